The van der Waals surface area contributed by atoms with E-state index in [-0.39, 0.29) is 5.76 Å². The summed E-state index contributed by atoms with van der Waals surface area (Å²) in [5, 5.41) is 2.99. The Morgan fingerprint density at radius 3 is 2.75 bits per heavy atom. The van der Waals surface area contributed by atoms with E-state index in [1.165, 1.54) is 32.2 Å². The summed E-state index contributed by atoms with van der Waals surface area (Å²) < 4.78 is 23.1. The molecular weight excluding hydrogens is 265 g/mol. The standard InChI is InChI=1S/C14H14FNO4/c1-7-10-6-9(15)4-5-11(10)20-12(7)13(17)16-8(2)14(18)19-3/h4-6,8H,1-3H3,(H,16,17). The van der Waals surface area contributed by atoms with Crippen LogP contribution in [0.1, 0.15) is 23.0 Å². The fourth-order valence-corrected chi connectivity index (χ4v) is 1.91. The number of nitrogens with one attached hydrogen (secondary N) is 1. The van der Waals surface area contributed by atoms with Crippen LogP contribution in [0.5, 0.6) is 0 Å². The lowest BCUT2D eigenvalue weighted by Gasteiger charge is -2.10. The highest BCUT2D eigenvalue weighted by atomic mass is 19.1. The number of halogens is 1. The van der Waals surface area contributed by atoms with Crippen LogP contribution in [-0.4, -0.2) is 25.0 Å². The van der Waals surface area contributed by atoms with Crippen LogP contribution in [0.2, 0.25) is 0 Å². The molecule has 1 aromatic carbocycles. The molecule has 1 N–H and O–H groups in total. The maximum Gasteiger partial charge on any atom is 0.328 e. The van der Waals surface area contributed by atoms with Crippen molar-refractivity contribution in [2.75, 3.05) is 7.11 Å². The smallest absolute Gasteiger partial charge is 0.328 e. The van der Waals surface area contributed by atoms with Gasteiger partial charge in [-0.1, -0.05) is 0 Å². The van der Waals surface area contributed by atoms with Crippen molar-refractivity contribution in [2.24, 2.45) is 0 Å². The Hall–Kier alpha value is -2.37. The summed E-state index contributed by atoms with van der Waals surface area (Å²) in [5.41, 5.74) is 0.939. The largest absolute Gasteiger partial charge is 0.467 e. The molecule has 106 valence electrons. The van der Waals surface area contributed by atoms with E-state index in [1.54, 1.807) is 6.92 Å². The Labute approximate surface area is 114 Å². The highest BCUT2D eigenvalue weighted by Gasteiger charge is 2.22. The third-order valence-electron chi connectivity index (χ3n) is 3.01. The molecule has 0 saturated carbocycles. The van der Waals surface area contributed by atoms with Gasteiger partial charge in [-0.25, -0.2) is 9.18 Å². The number of carbonyl (C=O) groups is 2. The van der Waals surface area contributed by atoms with Gasteiger partial charge < -0.3 is 14.5 Å². The lowest BCUT2D eigenvalue weighted by atomic mass is 10.1. The van der Waals surface area contributed by atoms with Gasteiger partial charge in [0.2, 0.25) is 0 Å². The van der Waals surface area contributed by atoms with Gasteiger partial charge in [-0.3, -0.25) is 4.79 Å². The number of methoxy groups -OCH3 is 1. The van der Waals surface area contributed by atoms with Gasteiger partial charge in [0.1, 0.15) is 17.4 Å². The van der Waals surface area contributed by atoms with Gasteiger partial charge in [-0.2, -0.15) is 0 Å². The molecule has 0 radical (unpaired) electrons. The maximum atomic E-state index is 13.2. The van der Waals surface area contributed by atoms with Crippen molar-refractivity contribution in [3.05, 3.63) is 35.3 Å². The van der Waals surface area contributed by atoms with Crippen molar-refractivity contribution in [3.8, 4) is 0 Å². The van der Waals surface area contributed by atoms with Crippen molar-refractivity contribution in [1.29, 1.82) is 0 Å². The Morgan fingerprint density at radius 2 is 2.10 bits per heavy atom. The molecule has 1 amide bonds. The minimum absolute atomic E-state index is 0.0568. The normalized spacial score (nSPS) is 12.2. The first-order valence-electron chi connectivity index (χ1n) is 6.01. The number of hydrogen-bond donors (Lipinski definition) is 1. The fourth-order valence-electron chi connectivity index (χ4n) is 1.91. The average molecular weight is 279 g/mol. The molecule has 20 heavy (non-hydrogen) atoms. The zero-order chi connectivity index (χ0) is 14.9. The van der Waals surface area contributed by atoms with Crippen LogP contribution in [-0.2, 0) is 9.53 Å². The fraction of sp³-hybridized carbons (Fsp3) is 0.286. The molecular formula is C14H14FNO4. The van der Waals surface area contributed by atoms with E-state index < -0.39 is 23.7 Å². The Morgan fingerprint density at radius 1 is 1.40 bits per heavy atom. The summed E-state index contributed by atoms with van der Waals surface area (Å²) in [5.74, 6) is -1.45. The van der Waals surface area contributed by atoms with Crippen molar-refractivity contribution in [2.45, 2.75) is 19.9 Å². The predicted octanol–water partition coefficient (Wildman–Crippen LogP) is 2.17. The van der Waals surface area contributed by atoms with Crippen LogP contribution in [0.25, 0.3) is 11.0 Å². The van der Waals surface area contributed by atoms with E-state index in [9.17, 15) is 14.0 Å². The molecule has 0 bridgehead atoms. The molecule has 0 saturated heterocycles. The molecule has 0 aliphatic carbocycles. The molecule has 0 fully saturated rings. The summed E-state index contributed by atoms with van der Waals surface area (Å²) in [6.45, 7) is 3.16. The van der Waals surface area contributed by atoms with Crippen LogP contribution >= 0.6 is 0 Å². The van der Waals surface area contributed by atoms with Crippen molar-refractivity contribution >= 4 is 22.8 Å². The lowest BCUT2D eigenvalue weighted by molar-refractivity contribution is -0.142. The lowest BCUT2D eigenvalue weighted by Crippen LogP contribution is -2.39. The number of amides is 1. The summed E-state index contributed by atoms with van der Waals surface area (Å²) >= 11 is 0. The molecule has 1 unspecified atom stereocenters. The molecule has 1 atom stereocenters. The summed E-state index contributed by atoms with van der Waals surface area (Å²) in [6, 6.07) is 3.22. The van der Waals surface area contributed by atoms with Crippen LogP contribution in [0.15, 0.2) is 22.6 Å². The van der Waals surface area contributed by atoms with E-state index in [1.807, 2.05) is 0 Å². The highest BCUT2D eigenvalue weighted by Crippen LogP contribution is 2.25. The van der Waals surface area contributed by atoms with Crippen LogP contribution in [0.4, 0.5) is 4.39 Å². The Kier molecular flexibility index (Phi) is 3.74. The van der Waals surface area contributed by atoms with E-state index >= 15 is 0 Å². The molecule has 1 heterocycles. The van der Waals surface area contributed by atoms with Gasteiger partial charge in [0.05, 0.1) is 7.11 Å². The van der Waals surface area contributed by atoms with Crippen molar-refractivity contribution < 1.29 is 23.1 Å². The first-order valence-corrected chi connectivity index (χ1v) is 6.01. The molecule has 2 rings (SSSR count). The van der Waals surface area contributed by atoms with E-state index in [0.29, 0.717) is 16.5 Å². The Balaban J connectivity index is 2.31. The van der Waals surface area contributed by atoms with Crippen LogP contribution in [0, 0.1) is 12.7 Å². The summed E-state index contributed by atoms with van der Waals surface area (Å²) in [6.07, 6.45) is 0. The molecule has 1 aromatic heterocycles. The Bertz CT molecular complexity index is 677. The third-order valence-corrected chi connectivity index (χ3v) is 3.01. The number of esters is 1. The molecule has 0 spiro atoms. The summed E-state index contributed by atoms with van der Waals surface area (Å²) in [7, 11) is 1.24. The van der Waals surface area contributed by atoms with Crippen molar-refractivity contribution in [3.63, 3.8) is 0 Å². The molecule has 2 aromatic rings. The van der Waals surface area contributed by atoms with Crippen LogP contribution < -0.4 is 5.32 Å². The SMILES string of the molecule is COC(=O)C(C)NC(=O)c1oc2ccc(F)cc2c1C. The van der Waals surface area contributed by atoms with E-state index in [0.717, 1.165) is 0 Å². The van der Waals surface area contributed by atoms with Crippen LogP contribution in [0.3, 0.4) is 0 Å². The number of furan rings is 1. The predicted molar refractivity (Wildman–Crippen MR) is 69.9 cm³/mol. The first-order chi connectivity index (χ1) is 9.43. The highest BCUT2D eigenvalue weighted by molar-refractivity contribution is 6.00. The van der Waals surface area contributed by atoms with Gasteiger partial charge >= 0.3 is 5.97 Å². The molecule has 6 heteroatoms. The number of ether oxygens (including phenoxy) is 1. The topological polar surface area (TPSA) is 68.5 Å². The van der Waals surface area contributed by atoms with Gasteiger partial charge in [-0.05, 0) is 32.0 Å². The minimum Gasteiger partial charge on any atom is -0.467 e. The average Bonchev–Trinajstić information content (AvgIpc) is 2.75. The zero-order valence-corrected chi connectivity index (χ0v) is 11.3. The van der Waals surface area contributed by atoms with E-state index in [2.05, 4.69) is 10.1 Å². The maximum absolute atomic E-state index is 13.2. The molecule has 0 aliphatic rings. The number of aryl methyl sites for hydroxylation is 1. The van der Waals surface area contributed by atoms with Gasteiger partial charge in [-0.15, -0.1) is 0 Å². The van der Waals surface area contributed by atoms with Gasteiger partial charge in [0, 0.05) is 10.9 Å². The number of rotatable bonds is 3. The zero-order valence-electron chi connectivity index (χ0n) is 11.3. The number of benzene rings is 1. The quantitative estimate of drug-likeness (QED) is 0.874. The molecule has 5 nitrogen and oxygen atoms in total. The van der Waals surface area contributed by atoms with E-state index in [4.69, 9.17) is 4.42 Å². The summed E-state index contributed by atoms with van der Waals surface area (Å²) in [4.78, 5) is 23.3. The van der Waals surface area contributed by atoms with Gasteiger partial charge in [0.25, 0.3) is 5.91 Å². The minimum atomic E-state index is -0.795. The first kappa shape index (κ1) is 14.0. The van der Waals surface area contributed by atoms with Crippen molar-refractivity contribution in [1.82, 2.24) is 5.32 Å². The molecule has 0 aliphatic heterocycles. The second kappa shape index (κ2) is 5.32. The van der Waals surface area contributed by atoms with Gasteiger partial charge in [0.15, 0.2) is 5.76 Å². The third kappa shape index (κ3) is 2.49. The number of hydrogen-bond acceptors (Lipinski definition) is 4. The number of carbonyl (C=O) groups excluding carboxylic acids is 2. The second-order valence-corrected chi connectivity index (χ2v) is 4.41. The number of fused-ring (bicyclic) bond motifs is 1. The monoisotopic (exact) mass is 279 g/mol. The second-order valence-electron chi connectivity index (χ2n) is 4.41.